The molecule has 0 bridgehead atoms. The van der Waals surface area contributed by atoms with Crippen molar-refractivity contribution in [1.29, 1.82) is 0 Å². The van der Waals surface area contributed by atoms with Gasteiger partial charge in [-0.25, -0.2) is 0 Å². The molecule has 0 aliphatic heterocycles. The average Bonchev–Trinajstić information content (AvgIpc) is 2.56. The van der Waals surface area contributed by atoms with Crippen LogP contribution in [0.25, 0.3) is 22.4 Å². The van der Waals surface area contributed by atoms with E-state index in [2.05, 4.69) is 27.6 Å². The third kappa shape index (κ3) is 4.16. The van der Waals surface area contributed by atoms with Crippen LogP contribution < -0.4 is 0 Å². The van der Waals surface area contributed by atoms with Crippen LogP contribution in [0.2, 0.25) is 30.1 Å². The normalized spacial score (nSPS) is 11.0. The highest BCUT2D eigenvalue weighted by molar-refractivity contribution is 14.1. The number of nitrogens with zero attached hydrogens (tertiary/aromatic N) is 1. The van der Waals surface area contributed by atoms with E-state index in [1.807, 2.05) is 6.07 Å². The molecule has 0 aliphatic rings. The summed E-state index contributed by atoms with van der Waals surface area (Å²) in [6, 6.07) is 8.93. The molecule has 0 saturated heterocycles. The SMILES string of the molecule is Clc1cc(-c2cnc(-c3cc(Cl)c(Cl)c(Cl)c3)c(I)c2)cc(Cl)c1Cl. The molecule has 3 rings (SSSR count). The Kier molecular flexibility index (Phi) is 6.32. The Hall–Kier alpha value is 0.0600. The van der Waals surface area contributed by atoms with Gasteiger partial charge in [0.15, 0.2) is 0 Å². The van der Waals surface area contributed by atoms with E-state index in [-0.39, 0.29) is 0 Å². The molecule has 0 fully saturated rings. The first kappa shape index (κ1) is 19.8. The minimum Gasteiger partial charge on any atom is -0.254 e. The zero-order valence-corrected chi connectivity index (χ0v) is 18.8. The standard InChI is InChI=1S/C17H6Cl6IN/c18-10-1-7(2-11(19)15(10)22)9-5-14(24)17(25-6-9)8-3-12(20)16(23)13(21)4-8/h1-6H. The second-order valence-corrected chi connectivity index (χ2v) is 8.61. The van der Waals surface area contributed by atoms with Crippen LogP contribution >= 0.6 is 92.2 Å². The maximum Gasteiger partial charge on any atom is 0.0836 e. The van der Waals surface area contributed by atoms with Crippen LogP contribution in [-0.2, 0) is 0 Å². The molecule has 0 aliphatic carbocycles. The summed E-state index contributed by atoms with van der Waals surface area (Å²) >= 11 is 38.6. The van der Waals surface area contributed by atoms with Crippen molar-refractivity contribution in [2.45, 2.75) is 0 Å². The summed E-state index contributed by atoms with van der Waals surface area (Å²) in [5, 5.41) is 2.18. The Morgan fingerprint density at radius 2 is 1.04 bits per heavy atom. The van der Waals surface area contributed by atoms with Gasteiger partial charge in [0.2, 0.25) is 0 Å². The molecule has 1 heterocycles. The van der Waals surface area contributed by atoms with Crippen molar-refractivity contribution in [2.75, 3.05) is 0 Å². The van der Waals surface area contributed by atoms with Crippen molar-refractivity contribution >= 4 is 92.2 Å². The van der Waals surface area contributed by atoms with Crippen molar-refractivity contribution in [2.24, 2.45) is 0 Å². The number of pyridine rings is 1. The van der Waals surface area contributed by atoms with Crippen molar-refractivity contribution < 1.29 is 0 Å². The molecule has 0 amide bonds. The van der Waals surface area contributed by atoms with Crippen LogP contribution in [0.5, 0.6) is 0 Å². The van der Waals surface area contributed by atoms with Crippen molar-refractivity contribution in [3.8, 4) is 22.4 Å². The molecule has 0 spiro atoms. The zero-order valence-electron chi connectivity index (χ0n) is 12.1. The van der Waals surface area contributed by atoms with Gasteiger partial charge in [0, 0.05) is 20.9 Å². The predicted molar refractivity (Wildman–Crippen MR) is 118 cm³/mol. The fraction of sp³-hybridized carbons (Fsp3) is 0. The number of benzene rings is 2. The molecule has 3 aromatic rings. The van der Waals surface area contributed by atoms with Crippen LogP contribution in [0, 0.1) is 3.57 Å². The molecule has 0 unspecified atom stereocenters. The van der Waals surface area contributed by atoms with Crippen molar-refractivity contribution in [1.82, 2.24) is 4.98 Å². The van der Waals surface area contributed by atoms with E-state index in [0.29, 0.717) is 30.1 Å². The molecular weight excluding hydrogens is 558 g/mol. The monoisotopic (exact) mass is 561 g/mol. The van der Waals surface area contributed by atoms with Crippen LogP contribution in [0.1, 0.15) is 0 Å². The Balaban J connectivity index is 2.08. The fourth-order valence-corrected chi connectivity index (χ4v) is 4.20. The van der Waals surface area contributed by atoms with Gasteiger partial charge in [-0.1, -0.05) is 69.6 Å². The van der Waals surface area contributed by atoms with E-state index < -0.39 is 0 Å². The Bertz CT molecular complexity index is 943. The Labute approximate surface area is 188 Å². The van der Waals surface area contributed by atoms with Gasteiger partial charge in [-0.3, -0.25) is 4.98 Å². The molecule has 1 nitrogen and oxygen atoms in total. The quantitative estimate of drug-likeness (QED) is 0.224. The fourth-order valence-electron chi connectivity index (χ4n) is 2.22. The number of aromatic nitrogens is 1. The topological polar surface area (TPSA) is 12.9 Å². The average molecular weight is 564 g/mol. The van der Waals surface area contributed by atoms with Gasteiger partial charge in [0.1, 0.15) is 0 Å². The first-order chi connectivity index (χ1) is 11.8. The minimum absolute atomic E-state index is 0.323. The van der Waals surface area contributed by atoms with Crippen LogP contribution in [0.4, 0.5) is 0 Å². The summed E-state index contributed by atoms with van der Waals surface area (Å²) in [6.07, 6.45) is 1.73. The minimum atomic E-state index is 0.323. The lowest BCUT2D eigenvalue weighted by atomic mass is 10.1. The summed E-state index contributed by atoms with van der Waals surface area (Å²) in [5.74, 6) is 0. The lowest BCUT2D eigenvalue weighted by Crippen LogP contribution is -1.91. The molecule has 2 aromatic carbocycles. The third-order valence-corrected chi connectivity index (χ3v) is 6.63. The van der Waals surface area contributed by atoms with Crippen LogP contribution in [-0.4, -0.2) is 4.98 Å². The maximum absolute atomic E-state index is 6.11. The number of hydrogen-bond donors (Lipinski definition) is 0. The van der Waals surface area contributed by atoms with Crippen molar-refractivity contribution in [3.63, 3.8) is 0 Å². The summed E-state index contributed by atoms with van der Waals surface area (Å²) < 4.78 is 0.909. The summed E-state index contributed by atoms with van der Waals surface area (Å²) in [5.41, 5.74) is 3.21. The van der Waals surface area contributed by atoms with Gasteiger partial charge in [-0.2, -0.15) is 0 Å². The largest absolute Gasteiger partial charge is 0.254 e. The van der Waals surface area contributed by atoms with E-state index in [4.69, 9.17) is 69.6 Å². The molecule has 1 aromatic heterocycles. The van der Waals surface area contributed by atoms with E-state index in [9.17, 15) is 0 Å². The van der Waals surface area contributed by atoms with Gasteiger partial charge in [-0.15, -0.1) is 0 Å². The lowest BCUT2D eigenvalue weighted by molar-refractivity contribution is 1.30. The zero-order chi connectivity index (χ0) is 18.3. The van der Waals surface area contributed by atoms with Crippen LogP contribution in [0.15, 0.2) is 36.5 Å². The molecule has 25 heavy (non-hydrogen) atoms. The predicted octanol–water partition coefficient (Wildman–Crippen LogP) is 8.94. The first-order valence-corrected chi connectivity index (χ1v) is 10.1. The maximum atomic E-state index is 6.11. The molecule has 0 radical (unpaired) electrons. The summed E-state index contributed by atoms with van der Waals surface area (Å²) in [7, 11) is 0. The Morgan fingerprint density at radius 1 is 0.600 bits per heavy atom. The van der Waals surface area contributed by atoms with E-state index >= 15 is 0 Å². The van der Waals surface area contributed by atoms with E-state index in [1.54, 1.807) is 30.5 Å². The second-order valence-electron chi connectivity index (χ2n) is 5.06. The first-order valence-electron chi connectivity index (χ1n) is 6.73. The van der Waals surface area contributed by atoms with Gasteiger partial charge < -0.3 is 0 Å². The molecule has 0 N–H and O–H groups in total. The smallest absolute Gasteiger partial charge is 0.0836 e. The van der Waals surface area contributed by atoms with E-state index in [1.165, 1.54) is 0 Å². The highest BCUT2D eigenvalue weighted by Gasteiger charge is 2.13. The highest BCUT2D eigenvalue weighted by atomic mass is 127. The summed E-state index contributed by atoms with van der Waals surface area (Å²) in [4.78, 5) is 4.53. The van der Waals surface area contributed by atoms with Gasteiger partial charge in [0.25, 0.3) is 0 Å². The third-order valence-electron chi connectivity index (χ3n) is 3.42. The molecule has 0 atom stereocenters. The van der Waals surface area contributed by atoms with Crippen molar-refractivity contribution in [3.05, 3.63) is 70.2 Å². The second kappa shape index (κ2) is 7.97. The van der Waals surface area contributed by atoms with Gasteiger partial charge >= 0.3 is 0 Å². The highest BCUT2D eigenvalue weighted by Crippen LogP contribution is 2.38. The number of rotatable bonds is 2. The summed E-state index contributed by atoms with van der Waals surface area (Å²) in [6.45, 7) is 0. The number of hydrogen-bond acceptors (Lipinski definition) is 1. The number of halogens is 7. The molecule has 128 valence electrons. The molecular formula is C17H6Cl6IN. The van der Waals surface area contributed by atoms with E-state index in [0.717, 1.165) is 26.0 Å². The van der Waals surface area contributed by atoms with Gasteiger partial charge in [0.05, 0.1) is 35.8 Å². The molecule has 8 heteroatoms. The molecule has 0 saturated carbocycles. The lowest BCUT2D eigenvalue weighted by Gasteiger charge is -2.10. The van der Waals surface area contributed by atoms with Crippen LogP contribution in [0.3, 0.4) is 0 Å². The Morgan fingerprint density at radius 3 is 1.48 bits per heavy atom. The van der Waals surface area contributed by atoms with Gasteiger partial charge in [-0.05, 0) is 58.5 Å².